The van der Waals surface area contributed by atoms with Crippen LogP contribution in [-0.2, 0) is 6.54 Å². The second-order valence-corrected chi connectivity index (χ2v) is 6.49. The van der Waals surface area contributed by atoms with Crippen molar-refractivity contribution in [2.75, 3.05) is 5.73 Å². The third-order valence-electron chi connectivity index (χ3n) is 4.63. The topological polar surface area (TPSA) is 93.4 Å². The van der Waals surface area contributed by atoms with E-state index in [1.54, 1.807) is 6.20 Å². The van der Waals surface area contributed by atoms with Crippen molar-refractivity contribution in [2.45, 2.75) is 20.4 Å². The van der Waals surface area contributed by atoms with Gasteiger partial charge in [-0.25, -0.2) is 14.6 Å². The zero-order chi connectivity index (χ0) is 19.0. The summed E-state index contributed by atoms with van der Waals surface area (Å²) in [4.78, 5) is 9.26. The molecular weight excluding hydrogens is 336 g/mol. The Bertz CT molecular complexity index is 1180. The van der Waals surface area contributed by atoms with Gasteiger partial charge in [0, 0.05) is 11.3 Å². The van der Waals surface area contributed by atoms with E-state index in [1.807, 2.05) is 61.0 Å². The highest BCUT2D eigenvalue weighted by Crippen LogP contribution is 2.30. The molecule has 0 saturated heterocycles. The van der Waals surface area contributed by atoms with Gasteiger partial charge in [-0.05, 0) is 43.2 Å². The molecule has 4 aromatic rings. The molecule has 2 N–H and O–H groups in total. The number of hydrogen-bond donors (Lipinski definition) is 1. The maximum absolute atomic E-state index is 9.34. The lowest BCUT2D eigenvalue weighted by Crippen LogP contribution is -2.04. The lowest BCUT2D eigenvalue weighted by atomic mass is 9.99. The van der Waals surface area contributed by atoms with Crippen molar-refractivity contribution in [3.63, 3.8) is 0 Å². The Labute approximate surface area is 156 Å². The quantitative estimate of drug-likeness (QED) is 0.567. The first kappa shape index (κ1) is 16.7. The molecule has 132 valence electrons. The van der Waals surface area contributed by atoms with Gasteiger partial charge < -0.3 is 5.73 Å². The maximum atomic E-state index is 9.34. The summed E-state index contributed by atoms with van der Waals surface area (Å²) < 4.78 is 1.86. The van der Waals surface area contributed by atoms with Crippen molar-refractivity contribution < 1.29 is 0 Å². The molecule has 6 heteroatoms. The summed E-state index contributed by atoms with van der Waals surface area (Å²) in [6, 6.07) is 15.6. The molecule has 0 radical (unpaired) electrons. The molecule has 0 spiro atoms. The molecule has 4 rings (SSSR count). The first-order valence-corrected chi connectivity index (χ1v) is 8.61. The molecule has 0 saturated carbocycles. The van der Waals surface area contributed by atoms with Crippen molar-refractivity contribution in [3.05, 3.63) is 71.2 Å². The first-order valence-electron chi connectivity index (χ1n) is 8.61. The average Bonchev–Trinajstić information content (AvgIpc) is 3.06. The lowest BCUT2D eigenvalue weighted by Gasteiger charge is -2.09. The van der Waals surface area contributed by atoms with Crippen LogP contribution in [0.15, 0.2) is 48.7 Å². The maximum Gasteiger partial charge on any atom is 0.162 e. The van der Waals surface area contributed by atoms with Gasteiger partial charge in [0.1, 0.15) is 5.82 Å². The molecule has 6 nitrogen and oxygen atoms in total. The molecule has 27 heavy (non-hydrogen) atoms. The predicted molar refractivity (Wildman–Crippen MR) is 105 cm³/mol. The van der Waals surface area contributed by atoms with Crippen molar-refractivity contribution in [3.8, 4) is 17.3 Å². The van der Waals surface area contributed by atoms with E-state index in [0.29, 0.717) is 17.9 Å². The highest BCUT2D eigenvalue weighted by molar-refractivity contribution is 5.91. The van der Waals surface area contributed by atoms with E-state index in [4.69, 9.17) is 5.73 Å². The zero-order valence-electron chi connectivity index (χ0n) is 15.1. The van der Waals surface area contributed by atoms with Gasteiger partial charge in [-0.1, -0.05) is 24.3 Å². The van der Waals surface area contributed by atoms with E-state index >= 15 is 0 Å². The monoisotopic (exact) mass is 354 g/mol. The molecule has 0 fully saturated rings. The first-order chi connectivity index (χ1) is 13.1. The van der Waals surface area contributed by atoms with Crippen molar-refractivity contribution in [1.82, 2.24) is 19.7 Å². The number of anilines is 1. The zero-order valence-corrected chi connectivity index (χ0v) is 15.1. The van der Waals surface area contributed by atoms with Crippen LogP contribution in [0.3, 0.4) is 0 Å². The Hall–Kier alpha value is -3.72. The summed E-state index contributed by atoms with van der Waals surface area (Å²) in [5, 5.41) is 14.7. The van der Waals surface area contributed by atoms with Gasteiger partial charge in [-0.2, -0.15) is 10.4 Å². The molecule has 0 amide bonds. The number of aryl methyl sites for hydroxylation is 1. The van der Waals surface area contributed by atoms with Crippen LogP contribution in [0.2, 0.25) is 0 Å². The lowest BCUT2D eigenvalue weighted by molar-refractivity contribution is 0.702. The average molecular weight is 354 g/mol. The molecule has 2 aromatic heterocycles. The number of hydrogen-bond acceptors (Lipinski definition) is 5. The van der Waals surface area contributed by atoms with Gasteiger partial charge in [0.15, 0.2) is 5.65 Å². The third kappa shape index (κ3) is 3.00. The molecule has 0 aliphatic heterocycles. The van der Waals surface area contributed by atoms with Gasteiger partial charge >= 0.3 is 0 Å². The van der Waals surface area contributed by atoms with Crippen LogP contribution in [0.4, 0.5) is 5.69 Å². The number of rotatable bonds is 3. The predicted octanol–water partition coefficient (Wildman–Crippen LogP) is 3.61. The fourth-order valence-electron chi connectivity index (χ4n) is 3.19. The number of fused-ring (bicyclic) bond motifs is 1. The van der Waals surface area contributed by atoms with Crippen LogP contribution in [0.5, 0.6) is 0 Å². The van der Waals surface area contributed by atoms with Crippen LogP contribution in [0, 0.1) is 25.2 Å². The van der Waals surface area contributed by atoms with Crippen molar-refractivity contribution >= 4 is 16.7 Å². The fraction of sp³-hybridized carbons (Fsp3) is 0.143. The Kier molecular flexibility index (Phi) is 4.05. The summed E-state index contributed by atoms with van der Waals surface area (Å²) in [5.74, 6) is 0.665. The number of nitrogens with zero attached hydrogens (tertiary/aromatic N) is 5. The summed E-state index contributed by atoms with van der Waals surface area (Å²) in [7, 11) is 0. The molecule has 2 heterocycles. The van der Waals surface area contributed by atoms with E-state index in [2.05, 4.69) is 21.1 Å². The van der Waals surface area contributed by atoms with E-state index in [0.717, 1.165) is 39.1 Å². The Morgan fingerprint density at radius 2 is 1.85 bits per heavy atom. The molecule has 0 aliphatic rings. The van der Waals surface area contributed by atoms with Crippen LogP contribution in [-0.4, -0.2) is 19.7 Å². The van der Waals surface area contributed by atoms with Crippen molar-refractivity contribution in [2.24, 2.45) is 0 Å². The summed E-state index contributed by atoms with van der Waals surface area (Å²) in [6.45, 7) is 4.40. The standard InChI is InChI=1S/C21H18N6/c1-13-16(10-22)4-3-5-18(13)20-19-11-24-27(21(19)26-14(2)25-20)12-15-6-8-17(23)9-7-15/h3-9,11H,12,23H2,1-2H3. The molecular formula is C21H18N6. The number of nitrogen functional groups attached to an aromatic ring is 1. The number of benzene rings is 2. The minimum atomic E-state index is 0.594. The minimum absolute atomic E-state index is 0.594. The highest BCUT2D eigenvalue weighted by atomic mass is 15.3. The van der Waals surface area contributed by atoms with E-state index < -0.39 is 0 Å². The summed E-state index contributed by atoms with van der Waals surface area (Å²) in [6.07, 6.45) is 1.79. The summed E-state index contributed by atoms with van der Waals surface area (Å²) in [5.41, 5.74) is 11.6. The van der Waals surface area contributed by atoms with Gasteiger partial charge in [-0.15, -0.1) is 0 Å². The SMILES string of the molecule is Cc1nc(-c2cccc(C#N)c2C)c2cnn(Cc3ccc(N)cc3)c2n1. The van der Waals surface area contributed by atoms with Crippen LogP contribution < -0.4 is 5.73 Å². The molecule has 0 atom stereocenters. The number of aromatic nitrogens is 4. The second kappa shape index (κ2) is 6.54. The van der Waals surface area contributed by atoms with Gasteiger partial charge in [-0.3, -0.25) is 0 Å². The van der Waals surface area contributed by atoms with Crippen LogP contribution in [0.25, 0.3) is 22.3 Å². The summed E-state index contributed by atoms with van der Waals surface area (Å²) >= 11 is 0. The number of nitriles is 1. The second-order valence-electron chi connectivity index (χ2n) is 6.49. The normalized spacial score (nSPS) is 10.9. The highest BCUT2D eigenvalue weighted by Gasteiger charge is 2.16. The van der Waals surface area contributed by atoms with Crippen LogP contribution >= 0.6 is 0 Å². The Morgan fingerprint density at radius 3 is 2.59 bits per heavy atom. The van der Waals surface area contributed by atoms with Crippen LogP contribution in [0.1, 0.15) is 22.5 Å². The molecule has 0 aliphatic carbocycles. The van der Waals surface area contributed by atoms with E-state index in [9.17, 15) is 5.26 Å². The van der Waals surface area contributed by atoms with Gasteiger partial charge in [0.2, 0.25) is 0 Å². The van der Waals surface area contributed by atoms with E-state index in [1.165, 1.54) is 0 Å². The van der Waals surface area contributed by atoms with E-state index in [-0.39, 0.29) is 0 Å². The molecule has 2 aromatic carbocycles. The van der Waals surface area contributed by atoms with Crippen molar-refractivity contribution in [1.29, 1.82) is 5.26 Å². The number of nitrogens with two attached hydrogens (primary N) is 1. The smallest absolute Gasteiger partial charge is 0.162 e. The largest absolute Gasteiger partial charge is 0.399 e. The Morgan fingerprint density at radius 1 is 1.07 bits per heavy atom. The third-order valence-corrected chi connectivity index (χ3v) is 4.63. The Balaban J connectivity index is 1.86. The van der Waals surface area contributed by atoms with Gasteiger partial charge in [0.25, 0.3) is 0 Å². The fourth-order valence-corrected chi connectivity index (χ4v) is 3.19. The minimum Gasteiger partial charge on any atom is -0.399 e. The molecule has 0 bridgehead atoms. The van der Waals surface area contributed by atoms with Gasteiger partial charge in [0.05, 0.1) is 35.5 Å². The molecule has 0 unspecified atom stereocenters.